The van der Waals surface area contributed by atoms with Crippen LogP contribution in [0.2, 0.25) is 0 Å². The fourth-order valence-corrected chi connectivity index (χ4v) is 1.29. The van der Waals surface area contributed by atoms with E-state index in [1.165, 1.54) is 6.07 Å². The number of hydrogen-bond donors (Lipinski definition) is 1. The molecule has 0 heterocycles. The highest BCUT2D eigenvalue weighted by atomic mass is 19.4. The number of anilines is 1. The van der Waals surface area contributed by atoms with Gasteiger partial charge >= 0.3 is 6.36 Å². The minimum Gasteiger partial charge on any atom is -0.406 e. The van der Waals surface area contributed by atoms with Gasteiger partial charge in [-0.05, 0) is 31.2 Å². The molecule has 106 valence electrons. The lowest BCUT2D eigenvalue weighted by molar-refractivity contribution is -0.274. The van der Waals surface area contributed by atoms with Gasteiger partial charge in [-0.3, -0.25) is 9.59 Å². The van der Waals surface area contributed by atoms with Crippen LogP contribution in [0.3, 0.4) is 0 Å². The van der Waals surface area contributed by atoms with Gasteiger partial charge in [-0.1, -0.05) is 0 Å². The Bertz CT molecular complexity index is 547. The van der Waals surface area contributed by atoms with Crippen molar-refractivity contribution in [1.29, 1.82) is 5.26 Å². The van der Waals surface area contributed by atoms with Gasteiger partial charge < -0.3 is 10.1 Å². The molecule has 0 aromatic heterocycles. The van der Waals surface area contributed by atoms with Crippen molar-refractivity contribution in [3.05, 3.63) is 24.3 Å². The number of nitriles is 1. The van der Waals surface area contributed by atoms with Crippen LogP contribution < -0.4 is 10.1 Å². The molecule has 1 unspecified atom stereocenters. The van der Waals surface area contributed by atoms with Crippen molar-refractivity contribution in [3.8, 4) is 11.8 Å². The number of Topliss-reactive ketones (excluding diaryl/α,β-unsaturated/α-hetero) is 1. The quantitative estimate of drug-likeness (QED) is 0.861. The van der Waals surface area contributed by atoms with E-state index in [9.17, 15) is 22.8 Å². The molecule has 1 atom stereocenters. The van der Waals surface area contributed by atoms with Gasteiger partial charge in [0.1, 0.15) is 5.75 Å². The van der Waals surface area contributed by atoms with Crippen LogP contribution in [0.25, 0.3) is 0 Å². The summed E-state index contributed by atoms with van der Waals surface area (Å²) in [4.78, 5) is 22.5. The van der Waals surface area contributed by atoms with E-state index in [2.05, 4.69) is 10.1 Å². The third-order valence-corrected chi connectivity index (χ3v) is 2.15. The van der Waals surface area contributed by atoms with Crippen LogP contribution in [0.15, 0.2) is 24.3 Å². The van der Waals surface area contributed by atoms with Crippen LogP contribution >= 0.6 is 0 Å². The number of carbonyl (C=O) groups is 2. The molecule has 1 amide bonds. The highest BCUT2D eigenvalue weighted by Crippen LogP contribution is 2.24. The molecule has 5 nitrogen and oxygen atoms in total. The molecule has 0 aliphatic rings. The standard InChI is InChI=1S/C12H9F3N2O3/c1-7(18)10(6-16)11(19)17-8-2-4-9(5-3-8)20-12(13,14)15/h2-5,10H,1H3,(H,17,19). The van der Waals surface area contributed by atoms with Gasteiger partial charge in [0.2, 0.25) is 5.91 Å². The molecule has 0 saturated heterocycles. The zero-order valence-electron chi connectivity index (χ0n) is 10.2. The molecule has 1 aromatic carbocycles. The molecule has 20 heavy (non-hydrogen) atoms. The van der Waals surface area contributed by atoms with Gasteiger partial charge in [0.05, 0.1) is 6.07 Å². The van der Waals surface area contributed by atoms with Crippen molar-refractivity contribution in [2.24, 2.45) is 5.92 Å². The molecule has 1 N–H and O–H groups in total. The number of nitrogens with zero attached hydrogens (tertiary/aromatic N) is 1. The number of hydrogen-bond acceptors (Lipinski definition) is 4. The van der Waals surface area contributed by atoms with E-state index >= 15 is 0 Å². The second-order valence-corrected chi connectivity index (χ2v) is 3.73. The number of halogens is 3. The predicted molar refractivity (Wildman–Crippen MR) is 61.5 cm³/mol. The number of ketones is 1. The number of ether oxygens (including phenoxy) is 1. The summed E-state index contributed by atoms with van der Waals surface area (Å²) < 4.78 is 39.4. The lowest BCUT2D eigenvalue weighted by Crippen LogP contribution is -2.26. The Balaban J connectivity index is 2.73. The van der Waals surface area contributed by atoms with Crippen LogP contribution in [-0.2, 0) is 9.59 Å². The SMILES string of the molecule is CC(=O)C(C#N)C(=O)Nc1ccc(OC(F)(F)F)cc1. The van der Waals surface area contributed by atoms with Gasteiger partial charge in [-0.15, -0.1) is 13.2 Å². The molecular weight excluding hydrogens is 277 g/mol. The molecule has 0 fully saturated rings. The second-order valence-electron chi connectivity index (χ2n) is 3.73. The molecular formula is C12H9F3N2O3. The maximum Gasteiger partial charge on any atom is 0.573 e. The summed E-state index contributed by atoms with van der Waals surface area (Å²) in [6.45, 7) is 1.09. The normalized spacial score (nSPS) is 12.2. The number of rotatable bonds is 4. The number of amides is 1. The monoisotopic (exact) mass is 286 g/mol. The largest absolute Gasteiger partial charge is 0.573 e. The maximum absolute atomic E-state index is 11.9. The first-order valence-electron chi connectivity index (χ1n) is 5.29. The Morgan fingerprint density at radius 1 is 1.30 bits per heavy atom. The molecule has 0 radical (unpaired) electrons. The van der Waals surface area contributed by atoms with Crippen LogP contribution in [0, 0.1) is 17.2 Å². The smallest absolute Gasteiger partial charge is 0.406 e. The maximum atomic E-state index is 11.9. The Hall–Kier alpha value is -2.56. The van der Waals surface area contributed by atoms with Gasteiger partial charge in [0.15, 0.2) is 11.7 Å². The molecule has 0 spiro atoms. The molecule has 1 rings (SSSR count). The van der Waals surface area contributed by atoms with Gasteiger partial charge in [0, 0.05) is 5.69 Å². The summed E-state index contributed by atoms with van der Waals surface area (Å²) in [7, 11) is 0. The van der Waals surface area contributed by atoms with Crippen molar-refractivity contribution in [2.45, 2.75) is 13.3 Å². The first-order valence-corrected chi connectivity index (χ1v) is 5.29. The van der Waals surface area contributed by atoms with Crippen LogP contribution in [0.4, 0.5) is 18.9 Å². The lowest BCUT2D eigenvalue weighted by Gasteiger charge is -2.10. The first kappa shape index (κ1) is 15.5. The topological polar surface area (TPSA) is 79.2 Å². The van der Waals surface area contributed by atoms with Gasteiger partial charge in [-0.25, -0.2) is 0 Å². The number of nitrogens with one attached hydrogen (secondary N) is 1. The Labute approximate surface area is 111 Å². The van der Waals surface area contributed by atoms with Crippen molar-refractivity contribution in [2.75, 3.05) is 5.32 Å². The Morgan fingerprint density at radius 2 is 1.85 bits per heavy atom. The predicted octanol–water partition coefficient (Wildman–Crippen LogP) is 2.25. The lowest BCUT2D eigenvalue weighted by atomic mass is 10.1. The summed E-state index contributed by atoms with van der Waals surface area (Å²) in [5.41, 5.74) is 0.144. The summed E-state index contributed by atoms with van der Waals surface area (Å²) in [6, 6.07) is 5.85. The highest BCUT2D eigenvalue weighted by molar-refractivity contribution is 6.08. The van der Waals surface area contributed by atoms with Crippen molar-refractivity contribution in [1.82, 2.24) is 0 Å². The van der Waals surface area contributed by atoms with E-state index in [4.69, 9.17) is 5.26 Å². The van der Waals surface area contributed by atoms with Gasteiger partial charge in [-0.2, -0.15) is 5.26 Å². The van der Waals surface area contributed by atoms with E-state index < -0.39 is 29.7 Å². The minimum absolute atomic E-state index is 0.144. The average Bonchev–Trinajstić information content (AvgIpc) is 2.30. The van der Waals surface area contributed by atoms with E-state index in [1.807, 2.05) is 0 Å². The third kappa shape index (κ3) is 4.61. The van der Waals surface area contributed by atoms with E-state index in [0.717, 1.165) is 31.2 Å². The highest BCUT2D eigenvalue weighted by Gasteiger charge is 2.31. The van der Waals surface area contributed by atoms with Gasteiger partial charge in [0.25, 0.3) is 0 Å². The van der Waals surface area contributed by atoms with Crippen LogP contribution in [0.1, 0.15) is 6.92 Å². The molecule has 0 bridgehead atoms. The van der Waals surface area contributed by atoms with Crippen molar-refractivity contribution >= 4 is 17.4 Å². The summed E-state index contributed by atoms with van der Waals surface area (Å²) >= 11 is 0. The Morgan fingerprint density at radius 3 is 2.25 bits per heavy atom. The minimum atomic E-state index is -4.80. The molecule has 8 heteroatoms. The molecule has 0 aliphatic heterocycles. The zero-order chi connectivity index (χ0) is 15.3. The number of benzene rings is 1. The molecule has 0 saturated carbocycles. The fraction of sp³-hybridized carbons (Fsp3) is 0.250. The summed E-state index contributed by atoms with van der Waals surface area (Å²) in [5, 5.41) is 10.9. The Kier molecular flexibility index (Phi) is 4.69. The molecule has 1 aromatic rings. The van der Waals surface area contributed by atoms with Crippen LogP contribution in [-0.4, -0.2) is 18.1 Å². The van der Waals surface area contributed by atoms with Crippen molar-refractivity contribution < 1.29 is 27.5 Å². The molecule has 0 aliphatic carbocycles. The average molecular weight is 286 g/mol. The third-order valence-electron chi connectivity index (χ3n) is 2.15. The summed E-state index contributed by atoms with van der Waals surface area (Å²) in [6.07, 6.45) is -4.80. The van der Waals surface area contributed by atoms with Crippen LogP contribution in [0.5, 0.6) is 5.75 Å². The van der Waals surface area contributed by atoms with Crippen molar-refractivity contribution in [3.63, 3.8) is 0 Å². The summed E-state index contributed by atoms with van der Waals surface area (Å²) in [5.74, 6) is -3.37. The van der Waals surface area contributed by atoms with E-state index in [-0.39, 0.29) is 5.69 Å². The number of alkyl halides is 3. The van der Waals surface area contributed by atoms with E-state index in [0.29, 0.717) is 0 Å². The zero-order valence-corrected chi connectivity index (χ0v) is 10.2. The van der Waals surface area contributed by atoms with E-state index in [1.54, 1.807) is 0 Å². The fourth-order valence-electron chi connectivity index (χ4n) is 1.29. The first-order chi connectivity index (χ1) is 9.23. The number of carbonyl (C=O) groups excluding carboxylic acids is 2. The second kappa shape index (κ2) is 6.06.